The molecule has 130 valence electrons. The fourth-order valence-electron chi connectivity index (χ4n) is 3.20. The summed E-state index contributed by atoms with van der Waals surface area (Å²) >= 11 is 0. The van der Waals surface area contributed by atoms with Crippen LogP contribution in [0.15, 0.2) is 77.2 Å². The van der Waals surface area contributed by atoms with Gasteiger partial charge in [0.1, 0.15) is 17.2 Å². The molecule has 1 aromatic heterocycles. The van der Waals surface area contributed by atoms with Crippen LogP contribution in [0.4, 0.5) is 11.4 Å². The Balaban J connectivity index is 1.58. The number of nitrogens with one attached hydrogen (secondary N) is 1. The Morgan fingerprint density at radius 3 is 2.42 bits per heavy atom. The Labute approximate surface area is 152 Å². The molecule has 4 nitrogen and oxygen atoms in total. The fourth-order valence-corrected chi connectivity index (χ4v) is 3.20. The van der Waals surface area contributed by atoms with Gasteiger partial charge < -0.3 is 14.6 Å². The van der Waals surface area contributed by atoms with E-state index in [0.29, 0.717) is 0 Å². The first-order valence-corrected chi connectivity index (χ1v) is 8.64. The molecule has 0 saturated heterocycles. The van der Waals surface area contributed by atoms with Crippen molar-refractivity contribution in [2.75, 3.05) is 17.3 Å². The topological polar surface area (TPSA) is 45.5 Å². The number of anilines is 2. The molecule has 0 fully saturated rings. The lowest BCUT2D eigenvalue weighted by Gasteiger charge is -2.23. The van der Waals surface area contributed by atoms with Gasteiger partial charge in [0.25, 0.3) is 0 Å². The van der Waals surface area contributed by atoms with E-state index in [-0.39, 0.29) is 11.9 Å². The number of carbonyl (C=O) groups excluding carboxylic acids is 1. The van der Waals surface area contributed by atoms with E-state index in [1.807, 2.05) is 79.7 Å². The Morgan fingerprint density at radius 1 is 0.923 bits per heavy atom. The standard InChI is InChI=1S/C22H20N2O2/c1-15(22(25)24(2)17-8-4-3-5-9-17)23-16-12-13-21-19(14-16)18-10-6-7-11-20(18)26-21/h3-15,23H,1-2H3/t15-/m0/s1. The van der Waals surface area contributed by atoms with Crippen molar-refractivity contribution in [1.82, 2.24) is 0 Å². The van der Waals surface area contributed by atoms with Crippen molar-refractivity contribution in [2.24, 2.45) is 0 Å². The lowest BCUT2D eigenvalue weighted by Crippen LogP contribution is -2.39. The van der Waals surface area contributed by atoms with Crippen LogP contribution >= 0.6 is 0 Å². The molecule has 3 aromatic carbocycles. The summed E-state index contributed by atoms with van der Waals surface area (Å²) in [6.07, 6.45) is 0. The Bertz CT molecular complexity index is 1070. The predicted molar refractivity (Wildman–Crippen MR) is 107 cm³/mol. The van der Waals surface area contributed by atoms with Crippen LogP contribution in [-0.2, 0) is 4.79 Å². The van der Waals surface area contributed by atoms with Crippen LogP contribution in [0.1, 0.15) is 6.92 Å². The van der Waals surface area contributed by atoms with E-state index in [1.54, 1.807) is 11.9 Å². The summed E-state index contributed by atoms with van der Waals surface area (Å²) < 4.78 is 5.85. The van der Waals surface area contributed by atoms with Gasteiger partial charge in [-0.15, -0.1) is 0 Å². The minimum absolute atomic E-state index is 0.00773. The first-order valence-electron chi connectivity index (χ1n) is 8.64. The molecule has 0 aliphatic carbocycles. The number of carbonyl (C=O) groups is 1. The SMILES string of the molecule is C[C@H](Nc1ccc2oc3ccccc3c2c1)C(=O)N(C)c1ccccc1. The van der Waals surface area contributed by atoms with Crippen LogP contribution in [0.5, 0.6) is 0 Å². The fraction of sp³-hybridized carbons (Fsp3) is 0.136. The van der Waals surface area contributed by atoms with Gasteiger partial charge in [0.15, 0.2) is 0 Å². The lowest BCUT2D eigenvalue weighted by atomic mass is 10.1. The number of fused-ring (bicyclic) bond motifs is 3. The zero-order valence-corrected chi connectivity index (χ0v) is 14.8. The number of hydrogen-bond donors (Lipinski definition) is 1. The number of nitrogens with zero attached hydrogens (tertiary/aromatic N) is 1. The van der Waals surface area contributed by atoms with Crippen molar-refractivity contribution >= 4 is 39.2 Å². The molecular formula is C22H20N2O2. The van der Waals surface area contributed by atoms with E-state index in [4.69, 9.17) is 4.42 Å². The average Bonchev–Trinajstić information content (AvgIpc) is 3.05. The molecule has 1 atom stereocenters. The number of amides is 1. The second-order valence-corrected chi connectivity index (χ2v) is 6.41. The predicted octanol–water partition coefficient (Wildman–Crippen LogP) is 5.05. The van der Waals surface area contributed by atoms with Crippen LogP contribution < -0.4 is 10.2 Å². The molecule has 4 aromatic rings. The summed E-state index contributed by atoms with van der Waals surface area (Å²) in [4.78, 5) is 14.4. The number of para-hydroxylation sites is 2. The minimum atomic E-state index is -0.351. The number of benzene rings is 3. The van der Waals surface area contributed by atoms with E-state index in [2.05, 4.69) is 5.32 Å². The largest absolute Gasteiger partial charge is 0.456 e. The van der Waals surface area contributed by atoms with Gasteiger partial charge >= 0.3 is 0 Å². The molecule has 1 N–H and O–H groups in total. The first-order chi connectivity index (χ1) is 12.6. The van der Waals surface area contributed by atoms with Gasteiger partial charge in [-0.1, -0.05) is 36.4 Å². The minimum Gasteiger partial charge on any atom is -0.456 e. The van der Waals surface area contributed by atoms with E-state index in [9.17, 15) is 4.79 Å². The molecule has 0 aliphatic rings. The highest BCUT2D eigenvalue weighted by molar-refractivity contribution is 6.06. The Hall–Kier alpha value is -3.27. The second kappa shape index (κ2) is 6.56. The second-order valence-electron chi connectivity index (χ2n) is 6.41. The molecular weight excluding hydrogens is 324 g/mol. The van der Waals surface area contributed by atoms with Gasteiger partial charge in [-0.2, -0.15) is 0 Å². The zero-order chi connectivity index (χ0) is 18.1. The summed E-state index contributed by atoms with van der Waals surface area (Å²) in [5, 5.41) is 5.42. The maximum atomic E-state index is 12.7. The lowest BCUT2D eigenvalue weighted by molar-refractivity contribution is -0.118. The van der Waals surface area contributed by atoms with E-state index in [0.717, 1.165) is 33.3 Å². The first kappa shape index (κ1) is 16.2. The maximum Gasteiger partial charge on any atom is 0.248 e. The summed E-state index contributed by atoms with van der Waals surface area (Å²) in [5.74, 6) is 0.00773. The molecule has 26 heavy (non-hydrogen) atoms. The van der Waals surface area contributed by atoms with Crippen LogP contribution in [0, 0.1) is 0 Å². The Morgan fingerprint density at radius 2 is 1.62 bits per heavy atom. The summed E-state index contributed by atoms with van der Waals surface area (Å²) in [6, 6.07) is 23.2. The van der Waals surface area contributed by atoms with Crippen molar-refractivity contribution in [3.63, 3.8) is 0 Å². The summed E-state index contributed by atoms with van der Waals surface area (Å²) in [6.45, 7) is 1.87. The molecule has 1 heterocycles. The van der Waals surface area contributed by atoms with Crippen molar-refractivity contribution < 1.29 is 9.21 Å². The molecule has 4 rings (SSSR count). The van der Waals surface area contributed by atoms with E-state index in [1.165, 1.54) is 0 Å². The van der Waals surface area contributed by atoms with E-state index < -0.39 is 0 Å². The highest BCUT2D eigenvalue weighted by Crippen LogP contribution is 2.30. The molecule has 1 amide bonds. The van der Waals surface area contributed by atoms with E-state index >= 15 is 0 Å². The van der Waals surface area contributed by atoms with Crippen LogP contribution in [0.3, 0.4) is 0 Å². The van der Waals surface area contributed by atoms with Gasteiger partial charge in [0.05, 0.1) is 0 Å². The van der Waals surface area contributed by atoms with Crippen LogP contribution in [-0.4, -0.2) is 19.0 Å². The smallest absolute Gasteiger partial charge is 0.248 e. The monoisotopic (exact) mass is 344 g/mol. The van der Waals surface area contributed by atoms with Gasteiger partial charge in [-0.3, -0.25) is 4.79 Å². The normalized spacial score (nSPS) is 12.2. The van der Waals surface area contributed by atoms with Crippen LogP contribution in [0.25, 0.3) is 21.9 Å². The van der Waals surface area contributed by atoms with Crippen molar-refractivity contribution in [1.29, 1.82) is 0 Å². The van der Waals surface area contributed by atoms with Crippen molar-refractivity contribution in [2.45, 2.75) is 13.0 Å². The highest BCUT2D eigenvalue weighted by atomic mass is 16.3. The third kappa shape index (κ3) is 2.90. The average molecular weight is 344 g/mol. The highest BCUT2D eigenvalue weighted by Gasteiger charge is 2.19. The van der Waals surface area contributed by atoms with Gasteiger partial charge in [0, 0.05) is 29.2 Å². The Kier molecular flexibility index (Phi) is 4.09. The van der Waals surface area contributed by atoms with Gasteiger partial charge in [0.2, 0.25) is 5.91 Å². The molecule has 0 unspecified atom stereocenters. The molecule has 0 bridgehead atoms. The zero-order valence-electron chi connectivity index (χ0n) is 14.8. The number of furan rings is 1. The summed E-state index contributed by atoms with van der Waals surface area (Å²) in [5.41, 5.74) is 3.48. The van der Waals surface area contributed by atoms with Gasteiger partial charge in [-0.05, 0) is 43.3 Å². The van der Waals surface area contributed by atoms with Crippen LogP contribution in [0.2, 0.25) is 0 Å². The molecule has 4 heteroatoms. The third-order valence-electron chi connectivity index (χ3n) is 4.60. The number of likely N-dealkylation sites (N-methyl/N-ethyl adjacent to an activating group) is 1. The van der Waals surface area contributed by atoms with Crippen molar-refractivity contribution in [3.8, 4) is 0 Å². The third-order valence-corrected chi connectivity index (χ3v) is 4.60. The maximum absolute atomic E-state index is 12.7. The van der Waals surface area contributed by atoms with Crippen molar-refractivity contribution in [3.05, 3.63) is 72.8 Å². The molecule has 0 radical (unpaired) electrons. The molecule has 0 aliphatic heterocycles. The number of hydrogen-bond acceptors (Lipinski definition) is 3. The molecule has 0 saturated carbocycles. The van der Waals surface area contributed by atoms with Gasteiger partial charge in [-0.25, -0.2) is 0 Å². The molecule has 0 spiro atoms. The number of rotatable bonds is 4. The summed E-state index contributed by atoms with van der Waals surface area (Å²) in [7, 11) is 1.79. The quantitative estimate of drug-likeness (QED) is 0.563.